The second kappa shape index (κ2) is 6.11. The Hall–Kier alpha value is -2.47. The molecule has 0 radical (unpaired) electrons. The van der Waals surface area contributed by atoms with E-state index >= 15 is 0 Å². The predicted octanol–water partition coefficient (Wildman–Crippen LogP) is 4.27. The molecule has 5 nitrogen and oxygen atoms in total. The molecule has 7 heteroatoms. The SMILES string of the molecule is COC(=O)c1cc(Cl)c2c(C3CCC3)nn(-c3ccc(F)cc3)c2n1. The molecule has 128 valence electrons. The Labute approximate surface area is 148 Å². The molecule has 1 saturated carbocycles. The van der Waals surface area contributed by atoms with Crippen molar-refractivity contribution >= 4 is 28.6 Å². The molecule has 0 spiro atoms. The third-order valence-corrected chi connectivity index (χ3v) is 4.87. The smallest absolute Gasteiger partial charge is 0.356 e. The Morgan fingerprint density at radius 2 is 2.04 bits per heavy atom. The van der Waals surface area contributed by atoms with Crippen LogP contribution in [0.3, 0.4) is 0 Å². The number of aromatic nitrogens is 3. The van der Waals surface area contributed by atoms with Gasteiger partial charge < -0.3 is 4.74 Å². The van der Waals surface area contributed by atoms with E-state index < -0.39 is 5.97 Å². The zero-order chi connectivity index (χ0) is 17.6. The average molecular weight is 360 g/mol. The zero-order valence-electron chi connectivity index (χ0n) is 13.5. The minimum absolute atomic E-state index is 0.114. The van der Waals surface area contributed by atoms with Crippen LogP contribution in [0.5, 0.6) is 0 Å². The van der Waals surface area contributed by atoms with Gasteiger partial charge in [-0.25, -0.2) is 18.9 Å². The van der Waals surface area contributed by atoms with Crippen molar-refractivity contribution in [2.75, 3.05) is 7.11 Å². The molecule has 0 bridgehead atoms. The summed E-state index contributed by atoms with van der Waals surface area (Å²) in [6.45, 7) is 0. The maximum absolute atomic E-state index is 13.3. The number of fused-ring (bicyclic) bond motifs is 1. The van der Waals surface area contributed by atoms with Crippen molar-refractivity contribution in [3.8, 4) is 5.69 Å². The van der Waals surface area contributed by atoms with Crippen LogP contribution in [0.1, 0.15) is 41.4 Å². The van der Waals surface area contributed by atoms with Gasteiger partial charge in [0.05, 0.1) is 28.9 Å². The number of benzene rings is 1. The molecule has 0 atom stereocenters. The molecule has 1 aliphatic rings. The van der Waals surface area contributed by atoms with E-state index in [-0.39, 0.29) is 11.5 Å². The van der Waals surface area contributed by atoms with E-state index in [1.165, 1.54) is 25.3 Å². The molecule has 0 aliphatic heterocycles. The number of pyridine rings is 1. The molecule has 25 heavy (non-hydrogen) atoms. The van der Waals surface area contributed by atoms with Crippen LogP contribution in [0.25, 0.3) is 16.7 Å². The van der Waals surface area contributed by atoms with E-state index in [9.17, 15) is 9.18 Å². The first-order valence-electron chi connectivity index (χ1n) is 8.02. The molecule has 1 aliphatic carbocycles. The summed E-state index contributed by atoms with van der Waals surface area (Å²) in [5.74, 6) is -0.575. The molecule has 1 aromatic carbocycles. The average Bonchev–Trinajstić information content (AvgIpc) is 2.93. The minimum atomic E-state index is -0.569. The first kappa shape index (κ1) is 16.0. The zero-order valence-corrected chi connectivity index (χ0v) is 14.3. The van der Waals surface area contributed by atoms with Crippen molar-refractivity contribution in [2.24, 2.45) is 0 Å². The van der Waals surface area contributed by atoms with Crippen LogP contribution in [-0.4, -0.2) is 27.8 Å². The van der Waals surface area contributed by atoms with Crippen LogP contribution in [0.15, 0.2) is 30.3 Å². The fourth-order valence-electron chi connectivity index (χ4n) is 3.04. The summed E-state index contributed by atoms with van der Waals surface area (Å²) in [6, 6.07) is 7.46. The first-order chi connectivity index (χ1) is 12.1. The van der Waals surface area contributed by atoms with E-state index in [1.54, 1.807) is 16.8 Å². The highest BCUT2D eigenvalue weighted by Gasteiger charge is 2.28. The largest absolute Gasteiger partial charge is 0.464 e. The van der Waals surface area contributed by atoms with Crippen LogP contribution in [0.4, 0.5) is 4.39 Å². The van der Waals surface area contributed by atoms with Crippen molar-refractivity contribution in [2.45, 2.75) is 25.2 Å². The van der Waals surface area contributed by atoms with E-state index in [1.807, 2.05) is 0 Å². The van der Waals surface area contributed by atoms with E-state index in [0.29, 0.717) is 22.3 Å². The van der Waals surface area contributed by atoms with Gasteiger partial charge in [-0.1, -0.05) is 18.0 Å². The van der Waals surface area contributed by atoms with Crippen LogP contribution >= 0.6 is 11.6 Å². The fourth-order valence-corrected chi connectivity index (χ4v) is 3.32. The summed E-state index contributed by atoms with van der Waals surface area (Å²) in [5.41, 5.74) is 2.12. The number of methoxy groups -OCH3 is 1. The fraction of sp³-hybridized carbons (Fsp3) is 0.278. The van der Waals surface area contributed by atoms with Gasteiger partial charge in [0.15, 0.2) is 11.3 Å². The van der Waals surface area contributed by atoms with Crippen LogP contribution in [-0.2, 0) is 4.74 Å². The summed E-state index contributed by atoms with van der Waals surface area (Å²) < 4.78 is 19.6. The lowest BCUT2D eigenvalue weighted by Gasteiger charge is -2.23. The molecule has 0 unspecified atom stereocenters. The quantitative estimate of drug-likeness (QED) is 0.655. The Kier molecular flexibility index (Phi) is 3.92. The van der Waals surface area contributed by atoms with Crippen LogP contribution in [0.2, 0.25) is 5.02 Å². The number of ether oxygens (including phenoxy) is 1. The minimum Gasteiger partial charge on any atom is -0.464 e. The van der Waals surface area contributed by atoms with Crippen LogP contribution in [0, 0.1) is 5.82 Å². The molecule has 0 saturated heterocycles. The van der Waals surface area contributed by atoms with Gasteiger partial charge in [-0.05, 0) is 43.2 Å². The van der Waals surface area contributed by atoms with Gasteiger partial charge in [-0.2, -0.15) is 5.10 Å². The summed E-state index contributed by atoms with van der Waals surface area (Å²) >= 11 is 6.46. The number of hydrogen-bond acceptors (Lipinski definition) is 4. The number of carbonyl (C=O) groups is 1. The van der Waals surface area contributed by atoms with Crippen molar-refractivity contribution in [1.29, 1.82) is 0 Å². The number of carbonyl (C=O) groups excluding carboxylic acids is 1. The number of esters is 1. The summed E-state index contributed by atoms with van der Waals surface area (Å²) in [5, 5.41) is 5.85. The van der Waals surface area contributed by atoms with Crippen LogP contribution < -0.4 is 0 Å². The molecular formula is C18H15ClFN3O2. The van der Waals surface area contributed by atoms with Gasteiger partial charge in [0.2, 0.25) is 0 Å². The lowest BCUT2D eigenvalue weighted by Crippen LogP contribution is -2.10. The second-order valence-corrected chi connectivity index (χ2v) is 6.49. The third-order valence-electron chi connectivity index (χ3n) is 4.57. The molecule has 4 rings (SSSR count). The van der Waals surface area contributed by atoms with Gasteiger partial charge in [0.25, 0.3) is 0 Å². The van der Waals surface area contributed by atoms with Crippen molar-refractivity contribution in [3.63, 3.8) is 0 Å². The standard InChI is InChI=1S/C18H15ClFN3O2/c1-25-18(24)14-9-13(19)15-16(10-3-2-4-10)22-23(17(15)21-14)12-7-5-11(20)6-8-12/h5-10H,2-4H2,1H3. The highest BCUT2D eigenvalue weighted by atomic mass is 35.5. The Morgan fingerprint density at radius 3 is 2.64 bits per heavy atom. The summed E-state index contributed by atoms with van der Waals surface area (Å²) in [4.78, 5) is 16.3. The molecule has 3 aromatic rings. The van der Waals surface area contributed by atoms with Crippen molar-refractivity contribution in [1.82, 2.24) is 14.8 Å². The van der Waals surface area contributed by atoms with Crippen molar-refractivity contribution < 1.29 is 13.9 Å². The van der Waals surface area contributed by atoms with E-state index in [2.05, 4.69) is 4.98 Å². The Bertz CT molecular complexity index is 965. The van der Waals surface area contributed by atoms with Gasteiger partial charge in [0.1, 0.15) is 5.82 Å². The summed E-state index contributed by atoms with van der Waals surface area (Å²) in [7, 11) is 1.29. The second-order valence-electron chi connectivity index (χ2n) is 6.08. The topological polar surface area (TPSA) is 57.0 Å². The molecule has 1 fully saturated rings. The monoisotopic (exact) mass is 359 g/mol. The van der Waals surface area contributed by atoms with E-state index in [4.69, 9.17) is 21.4 Å². The molecule has 2 aromatic heterocycles. The number of nitrogens with zero attached hydrogens (tertiary/aromatic N) is 3. The van der Waals surface area contributed by atoms with Crippen molar-refractivity contribution in [3.05, 3.63) is 52.6 Å². The number of halogens is 2. The third kappa shape index (κ3) is 2.66. The predicted molar refractivity (Wildman–Crippen MR) is 91.8 cm³/mol. The highest BCUT2D eigenvalue weighted by Crippen LogP contribution is 2.41. The Balaban J connectivity index is 1.98. The lowest BCUT2D eigenvalue weighted by molar-refractivity contribution is 0.0594. The van der Waals surface area contributed by atoms with Gasteiger partial charge >= 0.3 is 5.97 Å². The highest BCUT2D eigenvalue weighted by molar-refractivity contribution is 6.35. The Morgan fingerprint density at radius 1 is 1.32 bits per heavy atom. The molecular weight excluding hydrogens is 345 g/mol. The normalized spacial score (nSPS) is 14.5. The summed E-state index contributed by atoms with van der Waals surface area (Å²) in [6.07, 6.45) is 3.25. The van der Waals surface area contributed by atoms with E-state index in [0.717, 1.165) is 30.3 Å². The number of hydrogen-bond donors (Lipinski definition) is 0. The molecule has 2 heterocycles. The first-order valence-corrected chi connectivity index (χ1v) is 8.39. The van der Waals surface area contributed by atoms with Gasteiger partial charge in [-0.3, -0.25) is 0 Å². The number of rotatable bonds is 3. The maximum Gasteiger partial charge on any atom is 0.356 e. The molecule has 0 amide bonds. The maximum atomic E-state index is 13.3. The lowest BCUT2D eigenvalue weighted by atomic mass is 9.82. The van der Waals surface area contributed by atoms with Gasteiger partial charge in [-0.15, -0.1) is 0 Å². The molecule has 0 N–H and O–H groups in total. The van der Waals surface area contributed by atoms with Gasteiger partial charge in [0, 0.05) is 5.92 Å².